The maximum atomic E-state index is 12.2. The van der Waals surface area contributed by atoms with Crippen molar-refractivity contribution in [3.63, 3.8) is 0 Å². The first-order valence-corrected chi connectivity index (χ1v) is 8.36. The summed E-state index contributed by atoms with van der Waals surface area (Å²) < 4.78 is 5.59. The quantitative estimate of drug-likeness (QED) is 0.811. The number of nitrogens with one attached hydrogen (secondary N) is 2. The Kier molecular flexibility index (Phi) is 6.57. The van der Waals surface area contributed by atoms with E-state index in [9.17, 15) is 9.59 Å². The van der Waals surface area contributed by atoms with Gasteiger partial charge >= 0.3 is 0 Å². The fraction of sp³-hybridized carbons (Fsp3) is 0.300. The Balaban J connectivity index is 1.89. The first-order chi connectivity index (χ1) is 12.0. The number of para-hydroxylation sites is 1. The van der Waals surface area contributed by atoms with Crippen molar-refractivity contribution in [1.82, 2.24) is 5.32 Å². The monoisotopic (exact) mass is 340 g/mol. The second kappa shape index (κ2) is 8.87. The summed E-state index contributed by atoms with van der Waals surface area (Å²) in [6.07, 6.45) is -0.628. The zero-order valence-electron chi connectivity index (χ0n) is 14.8. The Morgan fingerprint density at radius 1 is 0.960 bits per heavy atom. The summed E-state index contributed by atoms with van der Waals surface area (Å²) in [5, 5.41) is 5.64. The highest BCUT2D eigenvalue weighted by Crippen LogP contribution is 2.13. The van der Waals surface area contributed by atoms with Crippen LogP contribution in [0.15, 0.2) is 54.6 Å². The molecule has 0 fully saturated rings. The minimum Gasteiger partial charge on any atom is -0.481 e. The summed E-state index contributed by atoms with van der Waals surface area (Å²) in [4.78, 5) is 24.2. The Hall–Kier alpha value is -2.82. The molecule has 5 nitrogen and oxygen atoms in total. The third-order valence-corrected chi connectivity index (χ3v) is 3.51. The van der Waals surface area contributed by atoms with Gasteiger partial charge in [0.25, 0.3) is 11.8 Å². The summed E-state index contributed by atoms with van der Waals surface area (Å²) >= 11 is 0. The van der Waals surface area contributed by atoms with E-state index in [1.165, 1.54) is 0 Å². The van der Waals surface area contributed by atoms with E-state index in [2.05, 4.69) is 10.6 Å². The summed E-state index contributed by atoms with van der Waals surface area (Å²) in [6.45, 7) is 6.40. The van der Waals surface area contributed by atoms with Crippen LogP contribution in [-0.4, -0.2) is 24.5 Å². The number of amides is 2. The molecule has 0 aliphatic rings. The van der Waals surface area contributed by atoms with Crippen LogP contribution in [0.2, 0.25) is 0 Å². The van der Waals surface area contributed by atoms with Crippen molar-refractivity contribution in [3.05, 3.63) is 60.2 Å². The van der Waals surface area contributed by atoms with Gasteiger partial charge in [0, 0.05) is 17.8 Å². The van der Waals surface area contributed by atoms with Crippen LogP contribution >= 0.6 is 0 Å². The maximum absolute atomic E-state index is 12.2. The number of hydrogen-bond donors (Lipinski definition) is 2. The van der Waals surface area contributed by atoms with E-state index < -0.39 is 6.10 Å². The fourth-order valence-electron chi connectivity index (χ4n) is 2.10. The van der Waals surface area contributed by atoms with E-state index in [-0.39, 0.29) is 11.8 Å². The lowest BCUT2D eigenvalue weighted by Gasteiger charge is -2.15. The molecule has 0 unspecified atom stereocenters. The van der Waals surface area contributed by atoms with Crippen LogP contribution in [-0.2, 0) is 4.79 Å². The van der Waals surface area contributed by atoms with E-state index in [4.69, 9.17) is 4.74 Å². The third-order valence-electron chi connectivity index (χ3n) is 3.51. The van der Waals surface area contributed by atoms with Crippen LogP contribution in [0, 0.1) is 5.92 Å². The Labute approximate surface area is 148 Å². The van der Waals surface area contributed by atoms with Gasteiger partial charge in [-0.15, -0.1) is 0 Å². The highest BCUT2D eigenvalue weighted by Gasteiger charge is 2.15. The zero-order valence-corrected chi connectivity index (χ0v) is 14.8. The third kappa shape index (κ3) is 5.95. The smallest absolute Gasteiger partial charge is 0.265 e. The first kappa shape index (κ1) is 18.5. The predicted molar refractivity (Wildman–Crippen MR) is 98.8 cm³/mol. The van der Waals surface area contributed by atoms with Crippen LogP contribution in [0.25, 0.3) is 0 Å². The molecule has 2 N–H and O–H groups in total. The number of anilines is 1. The summed E-state index contributed by atoms with van der Waals surface area (Å²) in [7, 11) is 0. The van der Waals surface area contributed by atoms with Gasteiger partial charge in [-0.05, 0) is 49.2 Å². The molecule has 1 atom stereocenters. The van der Waals surface area contributed by atoms with Crippen molar-refractivity contribution in [1.29, 1.82) is 0 Å². The van der Waals surface area contributed by atoms with Crippen LogP contribution in [0.5, 0.6) is 5.75 Å². The van der Waals surface area contributed by atoms with Gasteiger partial charge in [0.15, 0.2) is 6.10 Å². The molecule has 2 aromatic rings. The number of benzene rings is 2. The molecule has 0 saturated carbocycles. The molecule has 0 spiro atoms. The van der Waals surface area contributed by atoms with E-state index in [0.717, 1.165) is 0 Å². The van der Waals surface area contributed by atoms with E-state index >= 15 is 0 Å². The minimum absolute atomic E-state index is 0.118. The van der Waals surface area contributed by atoms with Gasteiger partial charge in [0.2, 0.25) is 0 Å². The molecule has 0 heterocycles. The SMILES string of the molecule is CC(C)CNC(=O)c1ccc(NC(=O)[C@H](C)Oc2ccccc2)cc1. The second-order valence-corrected chi connectivity index (χ2v) is 6.24. The fourth-order valence-corrected chi connectivity index (χ4v) is 2.10. The molecule has 2 rings (SSSR count). The van der Waals surface area contributed by atoms with Crippen molar-refractivity contribution < 1.29 is 14.3 Å². The van der Waals surface area contributed by atoms with Crippen molar-refractivity contribution in [3.8, 4) is 5.75 Å². The van der Waals surface area contributed by atoms with E-state index in [1.54, 1.807) is 43.3 Å². The summed E-state index contributed by atoms with van der Waals surface area (Å²) in [5.41, 5.74) is 1.18. The Morgan fingerprint density at radius 2 is 1.60 bits per heavy atom. The molecule has 2 aromatic carbocycles. The Morgan fingerprint density at radius 3 is 2.20 bits per heavy atom. The molecule has 25 heavy (non-hydrogen) atoms. The van der Waals surface area contributed by atoms with Crippen molar-refractivity contribution in [2.24, 2.45) is 5.92 Å². The maximum Gasteiger partial charge on any atom is 0.265 e. The zero-order chi connectivity index (χ0) is 18.2. The Bertz CT molecular complexity index is 697. The highest BCUT2D eigenvalue weighted by molar-refractivity contribution is 5.96. The lowest BCUT2D eigenvalue weighted by Crippen LogP contribution is -2.30. The molecule has 0 aliphatic carbocycles. The van der Waals surface area contributed by atoms with Gasteiger partial charge in [-0.2, -0.15) is 0 Å². The molecule has 0 aromatic heterocycles. The number of rotatable bonds is 7. The normalized spacial score (nSPS) is 11.7. The molecular weight excluding hydrogens is 316 g/mol. The number of hydrogen-bond acceptors (Lipinski definition) is 3. The topological polar surface area (TPSA) is 67.4 Å². The number of carbonyl (C=O) groups is 2. The minimum atomic E-state index is -0.628. The predicted octanol–water partition coefficient (Wildman–Crippen LogP) is 3.48. The molecule has 0 radical (unpaired) electrons. The summed E-state index contributed by atoms with van der Waals surface area (Å²) in [5.74, 6) is 0.671. The highest BCUT2D eigenvalue weighted by atomic mass is 16.5. The molecule has 5 heteroatoms. The van der Waals surface area contributed by atoms with Crippen LogP contribution in [0.1, 0.15) is 31.1 Å². The van der Waals surface area contributed by atoms with Crippen LogP contribution in [0.4, 0.5) is 5.69 Å². The summed E-state index contributed by atoms with van der Waals surface area (Å²) in [6, 6.07) is 16.0. The van der Waals surface area contributed by atoms with Gasteiger partial charge in [-0.25, -0.2) is 0 Å². The molecule has 0 aliphatic heterocycles. The number of carbonyl (C=O) groups excluding carboxylic acids is 2. The van der Waals surface area contributed by atoms with Crippen molar-refractivity contribution >= 4 is 17.5 Å². The average Bonchev–Trinajstić information content (AvgIpc) is 2.61. The van der Waals surface area contributed by atoms with Crippen LogP contribution in [0.3, 0.4) is 0 Å². The first-order valence-electron chi connectivity index (χ1n) is 8.36. The lowest BCUT2D eigenvalue weighted by molar-refractivity contribution is -0.122. The van der Waals surface area contributed by atoms with E-state index in [1.807, 2.05) is 32.0 Å². The van der Waals surface area contributed by atoms with Gasteiger partial charge in [-0.1, -0.05) is 32.0 Å². The van der Waals surface area contributed by atoms with Crippen molar-refractivity contribution in [2.45, 2.75) is 26.9 Å². The standard InChI is InChI=1S/C20H24N2O3/c1-14(2)13-21-20(24)16-9-11-17(12-10-16)22-19(23)15(3)25-18-7-5-4-6-8-18/h4-12,14-15H,13H2,1-3H3,(H,21,24)(H,22,23)/t15-/m0/s1. The van der Waals surface area contributed by atoms with Gasteiger partial charge < -0.3 is 15.4 Å². The molecular formula is C20H24N2O3. The lowest BCUT2D eigenvalue weighted by atomic mass is 10.1. The van der Waals surface area contributed by atoms with Crippen LogP contribution < -0.4 is 15.4 Å². The number of ether oxygens (including phenoxy) is 1. The molecule has 132 valence electrons. The van der Waals surface area contributed by atoms with Gasteiger partial charge in [0.05, 0.1) is 0 Å². The van der Waals surface area contributed by atoms with E-state index in [0.29, 0.717) is 29.5 Å². The van der Waals surface area contributed by atoms with Gasteiger partial charge in [-0.3, -0.25) is 9.59 Å². The molecule has 2 amide bonds. The largest absolute Gasteiger partial charge is 0.481 e. The molecule has 0 bridgehead atoms. The van der Waals surface area contributed by atoms with Gasteiger partial charge in [0.1, 0.15) is 5.75 Å². The average molecular weight is 340 g/mol. The second-order valence-electron chi connectivity index (χ2n) is 6.24. The van der Waals surface area contributed by atoms with Crippen molar-refractivity contribution in [2.75, 3.05) is 11.9 Å². The molecule has 0 saturated heterocycles.